The van der Waals surface area contributed by atoms with Crippen LogP contribution < -0.4 is 28.7 Å². The third kappa shape index (κ3) is 3.40. The molecule has 0 spiro atoms. The smallest absolute Gasteiger partial charge is 0.195 e. The quantitative estimate of drug-likeness (QED) is 0.252. The molecule has 0 saturated heterocycles. The number of benzene rings is 4. The number of anilines is 5. The molecule has 6 nitrogen and oxygen atoms in total. The Labute approximate surface area is 180 Å². The summed E-state index contributed by atoms with van der Waals surface area (Å²) in [7, 11) is 0. The maximum Gasteiger partial charge on any atom is 0.195 e. The third-order valence-electron chi connectivity index (χ3n) is 5.32. The van der Waals surface area contributed by atoms with Crippen molar-refractivity contribution in [1.82, 2.24) is 0 Å². The molecular weight excluding hydrogens is 386 g/mol. The molecule has 4 rings (SSSR count). The highest BCUT2D eigenvalue weighted by atomic mass is 16.1. The maximum atomic E-state index is 13.7. The number of carbonyl (C=O) groups is 1. The molecule has 31 heavy (non-hydrogen) atoms. The molecule has 0 aliphatic rings. The Kier molecular flexibility index (Phi) is 4.97. The second-order valence-electron chi connectivity index (χ2n) is 7.27. The molecule has 0 aliphatic carbocycles. The first-order valence-corrected chi connectivity index (χ1v) is 9.71. The van der Waals surface area contributed by atoms with E-state index in [2.05, 4.69) is 0 Å². The van der Waals surface area contributed by atoms with Crippen molar-refractivity contribution in [3.63, 3.8) is 0 Å². The molecule has 0 atom stereocenters. The van der Waals surface area contributed by atoms with E-state index < -0.39 is 0 Å². The zero-order chi connectivity index (χ0) is 22.1. The van der Waals surface area contributed by atoms with Gasteiger partial charge in [0.15, 0.2) is 5.78 Å². The van der Waals surface area contributed by atoms with Crippen LogP contribution in [0.25, 0.3) is 22.3 Å². The average molecular weight is 409 g/mol. The molecule has 0 radical (unpaired) electrons. The molecule has 0 amide bonds. The van der Waals surface area contributed by atoms with Crippen LogP contribution in [0.2, 0.25) is 0 Å². The Morgan fingerprint density at radius 1 is 0.548 bits per heavy atom. The molecule has 0 saturated carbocycles. The second kappa shape index (κ2) is 7.76. The number of hydrogen-bond acceptors (Lipinski definition) is 6. The molecule has 0 aliphatic heterocycles. The maximum absolute atomic E-state index is 13.7. The van der Waals surface area contributed by atoms with Crippen LogP contribution in [0.15, 0.2) is 78.9 Å². The molecular formula is C25H23N5O. The van der Waals surface area contributed by atoms with Crippen molar-refractivity contribution < 1.29 is 4.79 Å². The summed E-state index contributed by atoms with van der Waals surface area (Å²) in [6, 6.07) is 23.8. The van der Waals surface area contributed by atoms with Crippen molar-refractivity contribution in [1.29, 1.82) is 0 Å². The fraction of sp³-hybridized carbons (Fsp3) is 0. The Hall–Kier alpha value is -4.45. The van der Waals surface area contributed by atoms with Crippen molar-refractivity contribution in [2.75, 3.05) is 28.7 Å². The van der Waals surface area contributed by atoms with E-state index in [1.165, 1.54) is 0 Å². The number of carbonyl (C=O) groups excluding carboxylic acids is 1. The highest BCUT2D eigenvalue weighted by molar-refractivity contribution is 6.21. The average Bonchev–Trinajstić information content (AvgIpc) is 2.80. The summed E-state index contributed by atoms with van der Waals surface area (Å²) in [6.45, 7) is 0. The molecule has 0 aromatic heterocycles. The molecule has 0 unspecified atom stereocenters. The largest absolute Gasteiger partial charge is 0.397 e. The van der Waals surface area contributed by atoms with Crippen molar-refractivity contribution in [3.05, 3.63) is 90.0 Å². The van der Waals surface area contributed by atoms with Crippen LogP contribution in [0.1, 0.15) is 15.9 Å². The van der Waals surface area contributed by atoms with Crippen LogP contribution >= 0.6 is 0 Å². The lowest BCUT2D eigenvalue weighted by Crippen LogP contribution is -2.14. The number of hydrogen-bond donors (Lipinski definition) is 5. The van der Waals surface area contributed by atoms with Crippen LogP contribution in [0.5, 0.6) is 0 Å². The molecule has 0 fully saturated rings. The molecule has 4 aromatic carbocycles. The predicted molar refractivity (Wildman–Crippen MR) is 129 cm³/mol. The van der Waals surface area contributed by atoms with E-state index in [-0.39, 0.29) is 22.7 Å². The summed E-state index contributed by atoms with van der Waals surface area (Å²) in [5.41, 5.74) is 35.8. The number of ketones is 1. The molecule has 10 N–H and O–H groups in total. The van der Waals surface area contributed by atoms with Gasteiger partial charge in [0.1, 0.15) is 0 Å². The van der Waals surface area contributed by atoms with Crippen LogP contribution in [-0.2, 0) is 0 Å². The SMILES string of the molecule is Nc1ccc(C(=O)c2c(N)c(N)c(N)c(-c3ccccc3)c2-c2ccccc2)cc1N. The Balaban J connectivity index is 2.10. The molecule has 0 bridgehead atoms. The molecule has 0 heterocycles. The molecule has 6 heteroatoms. The van der Waals surface area contributed by atoms with Gasteiger partial charge in [-0.05, 0) is 29.3 Å². The van der Waals surface area contributed by atoms with Crippen molar-refractivity contribution in [2.45, 2.75) is 0 Å². The van der Waals surface area contributed by atoms with E-state index in [1.807, 2.05) is 60.7 Å². The van der Waals surface area contributed by atoms with E-state index in [9.17, 15) is 4.79 Å². The van der Waals surface area contributed by atoms with E-state index in [0.29, 0.717) is 33.8 Å². The van der Waals surface area contributed by atoms with Gasteiger partial charge in [0, 0.05) is 16.7 Å². The van der Waals surface area contributed by atoms with Crippen LogP contribution in [0.3, 0.4) is 0 Å². The number of nitrogens with two attached hydrogens (primary N) is 5. The summed E-state index contributed by atoms with van der Waals surface area (Å²) in [6.07, 6.45) is 0. The molecule has 4 aromatic rings. The lowest BCUT2D eigenvalue weighted by Gasteiger charge is -2.22. The number of nitrogen functional groups attached to an aromatic ring is 5. The number of rotatable bonds is 4. The first-order chi connectivity index (χ1) is 14.9. The first kappa shape index (κ1) is 19.8. The summed E-state index contributed by atoms with van der Waals surface area (Å²) >= 11 is 0. The van der Waals surface area contributed by atoms with E-state index in [0.717, 1.165) is 11.1 Å². The standard InChI is InChI=1S/C25H23N5O/c26-17-12-11-16(13-18(17)27)25(31)21-19(14-7-3-1-4-8-14)20(15-9-5-2-6-10-15)22(28)24(30)23(21)29/h1-13H,26-30H2. The second-order valence-corrected chi connectivity index (χ2v) is 7.27. The first-order valence-electron chi connectivity index (χ1n) is 9.71. The van der Waals surface area contributed by atoms with Gasteiger partial charge in [0.25, 0.3) is 0 Å². The minimum absolute atomic E-state index is 0.136. The van der Waals surface area contributed by atoms with Gasteiger partial charge in [0.05, 0.1) is 34.0 Å². The fourth-order valence-corrected chi connectivity index (χ4v) is 3.70. The monoisotopic (exact) mass is 409 g/mol. The summed E-state index contributed by atoms with van der Waals surface area (Å²) in [4.78, 5) is 13.7. The Bertz CT molecular complexity index is 1280. The third-order valence-corrected chi connectivity index (χ3v) is 5.32. The Morgan fingerprint density at radius 2 is 1.10 bits per heavy atom. The van der Waals surface area contributed by atoms with Crippen LogP contribution in [-0.4, -0.2) is 5.78 Å². The van der Waals surface area contributed by atoms with Crippen molar-refractivity contribution in [3.8, 4) is 22.3 Å². The fourth-order valence-electron chi connectivity index (χ4n) is 3.70. The van der Waals surface area contributed by atoms with E-state index >= 15 is 0 Å². The Morgan fingerprint density at radius 3 is 1.65 bits per heavy atom. The highest BCUT2D eigenvalue weighted by Crippen LogP contribution is 2.46. The summed E-state index contributed by atoms with van der Waals surface area (Å²) < 4.78 is 0. The van der Waals surface area contributed by atoms with Crippen molar-refractivity contribution >= 4 is 34.2 Å². The van der Waals surface area contributed by atoms with Gasteiger partial charge in [-0.25, -0.2) is 0 Å². The van der Waals surface area contributed by atoms with E-state index in [1.54, 1.807) is 18.2 Å². The van der Waals surface area contributed by atoms with Crippen molar-refractivity contribution in [2.24, 2.45) is 0 Å². The highest BCUT2D eigenvalue weighted by Gasteiger charge is 2.27. The predicted octanol–water partition coefficient (Wildman–Crippen LogP) is 4.16. The van der Waals surface area contributed by atoms with Gasteiger partial charge in [-0.3, -0.25) is 4.79 Å². The van der Waals surface area contributed by atoms with Gasteiger partial charge in [0.2, 0.25) is 0 Å². The van der Waals surface area contributed by atoms with Gasteiger partial charge in [-0.1, -0.05) is 60.7 Å². The normalized spacial score (nSPS) is 10.7. The van der Waals surface area contributed by atoms with Crippen LogP contribution in [0, 0.1) is 0 Å². The lowest BCUT2D eigenvalue weighted by atomic mass is 9.84. The zero-order valence-corrected chi connectivity index (χ0v) is 16.8. The van der Waals surface area contributed by atoms with Crippen LogP contribution in [0.4, 0.5) is 28.4 Å². The minimum Gasteiger partial charge on any atom is -0.397 e. The van der Waals surface area contributed by atoms with E-state index in [4.69, 9.17) is 28.7 Å². The summed E-state index contributed by atoms with van der Waals surface area (Å²) in [5, 5.41) is 0. The van der Waals surface area contributed by atoms with Gasteiger partial charge >= 0.3 is 0 Å². The van der Waals surface area contributed by atoms with Gasteiger partial charge in [-0.15, -0.1) is 0 Å². The zero-order valence-electron chi connectivity index (χ0n) is 16.8. The topological polar surface area (TPSA) is 147 Å². The molecule has 154 valence electrons. The lowest BCUT2D eigenvalue weighted by molar-refractivity contribution is 0.104. The van der Waals surface area contributed by atoms with Gasteiger partial charge in [-0.2, -0.15) is 0 Å². The minimum atomic E-state index is -0.313. The summed E-state index contributed by atoms with van der Waals surface area (Å²) in [5.74, 6) is -0.313. The van der Waals surface area contributed by atoms with Gasteiger partial charge < -0.3 is 28.7 Å².